The monoisotopic (exact) mass is 280 g/mol. The molecule has 106 valence electrons. The van der Waals surface area contributed by atoms with Gasteiger partial charge in [-0.25, -0.2) is 8.78 Å². The summed E-state index contributed by atoms with van der Waals surface area (Å²) in [6.07, 6.45) is -3.83. The number of Topliss-reactive ketones (excluding diaryl/α,β-unsaturated/α-hetero) is 1. The van der Waals surface area contributed by atoms with E-state index in [1.807, 2.05) is 0 Å². The number of halogens is 4. The van der Waals surface area contributed by atoms with Crippen molar-refractivity contribution < 1.29 is 31.8 Å². The molecule has 0 heterocycles. The first-order valence-electron chi connectivity index (χ1n) is 5.26. The minimum Gasteiger partial charge on any atom is -0.496 e. The minimum absolute atomic E-state index is 0.0601. The molecule has 0 amide bonds. The summed E-state index contributed by atoms with van der Waals surface area (Å²) in [5, 5.41) is 0. The van der Waals surface area contributed by atoms with Crippen molar-refractivity contribution in [2.75, 3.05) is 13.7 Å². The number of carbonyl (C=O) groups is 1. The lowest BCUT2D eigenvalue weighted by Gasteiger charge is -2.18. The molecule has 0 unspecified atom stereocenters. The van der Waals surface area contributed by atoms with Gasteiger partial charge < -0.3 is 9.47 Å². The van der Waals surface area contributed by atoms with E-state index in [9.17, 15) is 22.4 Å². The van der Waals surface area contributed by atoms with E-state index in [4.69, 9.17) is 4.74 Å². The Balaban J connectivity index is 2.99. The van der Waals surface area contributed by atoms with Crippen LogP contribution in [-0.4, -0.2) is 31.8 Å². The number of rotatable bonds is 6. The van der Waals surface area contributed by atoms with E-state index in [-0.39, 0.29) is 17.1 Å². The van der Waals surface area contributed by atoms with E-state index >= 15 is 0 Å². The summed E-state index contributed by atoms with van der Waals surface area (Å²) in [7, 11) is 1.29. The van der Waals surface area contributed by atoms with Gasteiger partial charge in [-0.2, -0.15) is 8.78 Å². The number of alkyl halides is 4. The molecule has 0 saturated carbocycles. The van der Waals surface area contributed by atoms with Gasteiger partial charge in [-0.3, -0.25) is 4.79 Å². The molecule has 0 atom stereocenters. The first-order chi connectivity index (χ1) is 8.79. The highest BCUT2D eigenvalue weighted by molar-refractivity contribution is 5.99. The van der Waals surface area contributed by atoms with Gasteiger partial charge >= 0.3 is 12.3 Å². The summed E-state index contributed by atoms with van der Waals surface area (Å²) in [6.45, 7) is -0.325. The van der Waals surface area contributed by atoms with Crippen LogP contribution in [0.3, 0.4) is 0 Å². The van der Waals surface area contributed by atoms with E-state index in [0.29, 0.717) is 0 Å². The van der Waals surface area contributed by atoms with Crippen LogP contribution in [0.4, 0.5) is 17.6 Å². The van der Waals surface area contributed by atoms with Crippen LogP contribution in [0.15, 0.2) is 18.2 Å². The molecule has 0 bridgehead atoms. The lowest BCUT2D eigenvalue weighted by atomic mass is 10.1. The molecular weight excluding hydrogens is 268 g/mol. The van der Waals surface area contributed by atoms with Crippen molar-refractivity contribution in [1.29, 1.82) is 0 Å². The van der Waals surface area contributed by atoms with Gasteiger partial charge in [0.05, 0.1) is 7.11 Å². The van der Waals surface area contributed by atoms with Gasteiger partial charge in [0.1, 0.15) is 17.1 Å². The summed E-state index contributed by atoms with van der Waals surface area (Å²) < 4.78 is 59.0. The fraction of sp³-hybridized carbons (Fsp3) is 0.417. The van der Waals surface area contributed by atoms with Crippen molar-refractivity contribution in [2.24, 2.45) is 0 Å². The van der Waals surface area contributed by atoms with Gasteiger partial charge in [0.25, 0.3) is 0 Å². The normalized spacial score (nSPS) is 11.5. The predicted molar refractivity (Wildman–Crippen MR) is 59.4 cm³/mol. The highest BCUT2D eigenvalue weighted by atomic mass is 19.3. The summed E-state index contributed by atoms with van der Waals surface area (Å²) in [6, 6.07) is 4.08. The molecule has 0 N–H and O–H groups in total. The van der Waals surface area contributed by atoms with E-state index < -0.39 is 24.7 Å². The Morgan fingerprint density at radius 1 is 1.32 bits per heavy atom. The Morgan fingerprint density at radius 2 is 1.89 bits per heavy atom. The molecule has 0 spiro atoms. The van der Waals surface area contributed by atoms with E-state index in [2.05, 4.69) is 4.74 Å². The molecule has 1 aromatic carbocycles. The second kappa shape index (κ2) is 5.90. The van der Waals surface area contributed by atoms with Crippen LogP contribution in [0.2, 0.25) is 0 Å². The second-order valence-electron chi connectivity index (χ2n) is 3.74. The molecule has 1 aromatic rings. The van der Waals surface area contributed by atoms with Crippen LogP contribution < -0.4 is 9.47 Å². The fourth-order valence-corrected chi connectivity index (χ4v) is 1.39. The van der Waals surface area contributed by atoms with Gasteiger partial charge in [-0.15, -0.1) is 0 Å². The Kier molecular flexibility index (Phi) is 4.74. The number of methoxy groups -OCH3 is 1. The molecule has 0 aliphatic rings. The number of hydrogen-bond acceptors (Lipinski definition) is 3. The van der Waals surface area contributed by atoms with Crippen LogP contribution in [-0.2, 0) is 0 Å². The van der Waals surface area contributed by atoms with Crippen molar-refractivity contribution >= 4 is 5.78 Å². The summed E-state index contributed by atoms with van der Waals surface area (Å²) in [5.74, 6) is -4.85. The molecule has 0 aromatic heterocycles. The third-order valence-electron chi connectivity index (χ3n) is 2.30. The highest BCUT2D eigenvalue weighted by Gasteiger charge is 2.42. The third kappa shape index (κ3) is 3.59. The number of benzene rings is 1. The van der Waals surface area contributed by atoms with Crippen LogP contribution in [0.25, 0.3) is 0 Å². The topological polar surface area (TPSA) is 35.5 Å². The zero-order valence-corrected chi connectivity index (χ0v) is 10.3. The lowest BCUT2D eigenvalue weighted by Crippen LogP contribution is -2.34. The van der Waals surface area contributed by atoms with Gasteiger partial charge in [-0.05, 0) is 19.1 Å². The molecule has 0 saturated heterocycles. The van der Waals surface area contributed by atoms with Crippen molar-refractivity contribution in [3.8, 4) is 11.5 Å². The van der Waals surface area contributed by atoms with E-state index in [1.54, 1.807) is 0 Å². The first kappa shape index (κ1) is 15.3. The zero-order valence-electron chi connectivity index (χ0n) is 10.3. The van der Waals surface area contributed by atoms with Crippen LogP contribution in [0, 0.1) is 0 Å². The molecular formula is C12H12F4O3. The fourth-order valence-electron chi connectivity index (χ4n) is 1.39. The van der Waals surface area contributed by atoms with Gasteiger partial charge in [-0.1, -0.05) is 6.07 Å². The van der Waals surface area contributed by atoms with Gasteiger partial charge in [0.2, 0.25) is 0 Å². The predicted octanol–water partition coefficient (Wildman–Crippen LogP) is 3.18. The Bertz CT molecular complexity index is 460. The van der Waals surface area contributed by atoms with Crippen LogP contribution in [0.5, 0.6) is 11.5 Å². The Labute approximate surface area is 107 Å². The molecule has 19 heavy (non-hydrogen) atoms. The third-order valence-corrected chi connectivity index (χ3v) is 2.30. The Hall–Kier alpha value is -1.79. The van der Waals surface area contributed by atoms with E-state index in [1.165, 1.54) is 32.2 Å². The molecule has 0 aliphatic carbocycles. The maximum absolute atomic E-state index is 12.8. The lowest BCUT2D eigenvalue weighted by molar-refractivity contribution is -0.148. The molecule has 1 rings (SSSR count). The number of carbonyl (C=O) groups excluding carboxylic acids is 1. The smallest absolute Gasteiger partial charge is 0.340 e. The SMILES string of the molecule is COc1cccc(OCC(F)(F)C(F)F)c1C(C)=O. The molecule has 0 fully saturated rings. The summed E-state index contributed by atoms with van der Waals surface area (Å²) in [4.78, 5) is 11.4. The van der Waals surface area contributed by atoms with Gasteiger partial charge in [0, 0.05) is 0 Å². The largest absolute Gasteiger partial charge is 0.496 e. The molecule has 3 nitrogen and oxygen atoms in total. The average molecular weight is 280 g/mol. The van der Waals surface area contributed by atoms with Crippen LogP contribution >= 0.6 is 0 Å². The summed E-state index contributed by atoms with van der Waals surface area (Å²) in [5.41, 5.74) is -0.0601. The minimum atomic E-state index is -4.28. The molecule has 0 aliphatic heterocycles. The number of ketones is 1. The maximum Gasteiger partial charge on any atom is 0.340 e. The van der Waals surface area contributed by atoms with Crippen molar-refractivity contribution in [3.05, 3.63) is 23.8 Å². The van der Waals surface area contributed by atoms with Crippen molar-refractivity contribution in [2.45, 2.75) is 19.3 Å². The summed E-state index contributed by atoms with van der Waals surface area (Å²) >= 11 is 0. The van der Waals surface area contributed by atoms with Crippen molar-refractivity contribution in [1.82, 2.24) is 0 Å². The van der Waals surface area contributed by atoms with Gasteiger partial charge in [0.15, 0.2) is 12.4 Å². The van der Waals surface area contributed by atoms with Crippen molar-refractivity contribution in [3.63, 3.8) is 0 Å². The highest BCUT2D eigenvalue weighted by Crippen LogP contribution is 2.31. The molecule has 0 radical (unpaired) electrons. The maximum atomic E-state index is 12.8. The quantitative estimate of drug-likeness (QED) is 0.593. The second-order valence-corrected chi connectivity index (χ2v) is 3.74. The molecule has 7 heteroatoms. The van der Waals surface area contributed by atoms with Crippen LogP contribution in [0.1, 0.15) is 17.3 Å². The van der Waals surface area contributed by atoms with E-state index in [0.717, 1.165) is 0 Å². The average Bonchev–Trinajstić information content (AvgIpc) is 2.35. The number of hydrogen-bond donors (Lipinski definition) is 0. The zero-order chi connectivity index (χ0) is 14.6. The first-order valence-corrected chi connectivity index (χ1v) is 5.26. The Morgan fingerprint density at radius 3 is 2.37 bits per heavy atom. The number of ether oxygens (including phenoxy) is 2. The standard InChI is InChI=1S/C12H12F4O3/c1-7(17)10-8(18-2)4-3-5-9(10)19-6-12(15,16)11(13)14/h3-5,11H,6H2,1-2H3.